The first-order valence-corrected chi connectivity index (χ1v) is 9.90. The maximum Gasteiger partial charge on any atom is 0.227 e. The number of thiazole rings is 1. The molecule has 0 aliphatic heterocycles. The number of nitrogens with zero attached hydrogens (tertiary/aromatic N) is 1. The summed E-state index contributed by atoms with van der Waals surface area (Å²) in [7, 11) is 0. The second-order valence-electron chi connectivity index (χ2n) is 6.58. The van der Waals surface area contributed by atoms with Gasteiger partial charge in [-0.2, -0.15) is 0 Å². The maximum atomic E-state index is 13.2. The predicted molar refractivity (Wildman–Crippen MR) is 110 cm³/mol. The molecular weight excluding hydrogens is 383 g/mol. The van der Waals surface area contributed by atoms with Gasteiger partial charge in [0, 0.05) is 23.7 Å². The Kier molecular flexibility index (Phi) is 6.24. The van der Waals surface area contributed by atoms with Gasteiger partial charge in [0.25, 0.3) is 0 Å². The third kappa shape index (κ3) is 4.93. The zero-order chi connectivity index (χ0) is 19.4. The fourth-order valence-electron chi connectivity index (χ4n) is 2.83. The third-order valence-electron chi connectivity index (χ3n) is 4.35. The number of rotatable bonds is 6. The van der Waals surface area contributed by atoms with Gasteiger partial charge in [-0.3, -0.25) is 4.79 Å². The lowest BCUT2D eigenvalue weighted by Gasteiger charge is -2.16. The number of carbonyl (C=O) groups excluding carboxylic acids is 1. The van der Waals surface area contributed by atoms with Gasteiger partial charge in [0.1, 0.15) is 5.82 Å². The van der Waals surface area contributed by atoms with E-state index in [1.165, 1.54) is 18.2 Å². The predicted octanol–water partition coefficient (Wildman–Crippen LogP) is 6.37. The average molecular weight is 403 g/mol. The Balaban J connectivity index is 1.61. The summed E-state index contributed by atoms with van der Waals surface area (Å²) in [6, 6.07) is 14.3. The van der Waals surface area contributed by atoms with Gasteiger partial charge in [-0.25, -0.2) is 9.37 Å². The van der Waals surface area contributed by atoms with Crippen molar-refractivity contribution in [2.24, 2.45) is 5.92 Å². The Morgan fingerprint density at radius 3 is 2.67 bits per heavy atom. The number of hydrogen-bond acceptors (Lipinski definition) is 3. The lowest BCUT2D eigenvalue weighted by molar-refractivity contribution is -0.119. The highest BCUT2D eigenvalue weighted by atomic mass is 35.5. The van der Waals surface area contributed by atoms with Crippen molar-refractivity contribution >= 4 is 34.5 Å². The van der Waals surface area contributed by atoms with E-state index in [2.05, 4.69) is 29.4 Å². The minimum absolute atomic E-state index is 0.00921. The van der Waals surface area contributed by atoms with Crippen molar-refractivity contribution < 1.29 is 9.18 Å². The van der Waals surface area contributed by atoms with Crippen molar-refractivity contribution in [2.75, 3.05) is 5.32 Å². The maximum absolute atomic E-state index is 13.2. The Hall–Kier alpha value is -2.24. The molecule has 0 bridgehead atoms. The molecule has 2 aromatic carbocycles. The molecule has 6 heteroatoms. The normalized spacial score (nSPS) is 13.2. The largest absolute Gasteiger partial charge is 0.326 e. The molecule has 0 aliphatic carbocycles. The first-order valence-electron chi connectivity index (χ1n) is 8.71. The van der Waals surface area contributed by atoms with Crippen LogP contribution in [0.15, 0.2) is 54.7 Å². The quantitative estimate of drug-likeness (QED) is 0.520. The van der Waals surface area contributed by atoms with Crippen LogP contribution in [0.25, 0.3) is 10.4 Å². The molecule has 1 N–H and O–H groups in total. The minimum Gasteiger partial charge on any atom is -0.326 e. The molecule has 0 spiro atoms. The first kappa shape index (κ1) is 19.5. The number of nitrogens with one attached hydrogen (secondary N) is 1. The average Bonchev–Trinajstić information content (AvgIpc) is 3.16. The topological polar surface area (TPSA) is 42.0 Å². The summed E-state index contributed by atoms with van der Waals surface area (Å²) in [4.78, 5) is 18.1. The van der Waals surface area contributed by atoms with Crippen LogP contribution in [-0.4, -0.2) is 10.9 Å². The monoisotopic (exact) mass is 402 g/mol. The number of hydrogen-bond donors (Lipinski definition) is 1. The molecule has 2 unspecified atom stereocenters. The van der Waals surface area contributed by atoms with Crippen molar-refractivity contribution in [3.8, 4) is 10.4 Å². The number of halogens is 2. The van der Waals surface area contributed by atoms with Gasteiger partial charge in [-0.15, -0.1) is 11.3 Å². The lowest BCUT2D eigenvalue weighted by Crippen LogP contribution is -2.21. The summed E-state index contributed by atoms with van der Waals surface area (Å²) in [5.41, 5.74) is 1.64. The third-order valence-corrected chi connectivity index (χ3v) is 5.91. The summed E-state index contributed by atoms with van der Waals surface area (Å²) in [5, 5.41) is 3.79. The van der Waals surface area contributed by atoms with Gasteiger partial charge < -0.3 is 5.32 Å². The van der Waals surface area contributed by atoms with Crippen LogP contribution in [0.4, 0.5) is 10.1 Å². The van der Waals surface area contributed by atoms with E-state index in [-0.39, 0.29) is 22.8 Å². The lowest BCUT2D eigenvalue weighted by atomic mass is 9.97. The highest BCUT2D eigenvalue weighted by molar-refractivity contribution is 7.15. The van der Waals surface area contributed by atoms with E-state index in [1.54, 1.807) is 11.3 Å². The van der Waals surface area contributed by atoms with Crippen molar-refractivity contribution in [3.05, 3.63) is 70.6 Å². The van der Waals surface area contributed by atoms with Crippen LogP contribution in [0.5, 0.6) is 0 Å². The van der Waals surface area contributed by atoms with Crippen LogP contribution in [0, 0.1) is 11.7 Å². The molecule has 1 aromatic heterocycles. The van der Waals surface area contributed by atoms with E-state index in [4.69, 9.17) is 11.6 Å². The van der Waals surface area contributed by atoms with Crippen LogP contribution < -0.4 is 5.32 Å². The zero-order valence-corrected chi connectivity index (χ0v) is 16.7. The zero-order valence-electron chi connectivity index (χ0n) is 15.1. The Bertz CT molecular complexity index is 929. The fourth-order valence-corrected chi connectivity index (χ4v) is 4.00. The van der Waals surface area contributed by atoms with E-state index in [0.717, 1.165) is 15.4 Å². The van der Waals surface area contributed by atoms with Gasteiger partial charge in [-0.05, 0) is 30.2 Å². The van der Waals surface area contributed by atoms with Crippen molar-refractivity contribution in [3.63, 3.8) is 0 Å². The van der Waals surface area contributed by atoms with Gasteiger partial charge in [0.15, 0.2) is 0 Å². The van der Waals surface area contributed by atoms with Crippen LogP contribution >= 0.6 is 22.9 Å². The fraction of sp³-hybridized carbons (Fsp3) is 0.238. The Morgan fingerprint density at radius 2 is 1.96 bits per heavy atom. The smallest absolute Gasteiger partial charge is 0.227 e. The second-order valence-corrected chi connectivity index (χ2v) is 8.05. The molecular formula is C21H20ClFN2OS. The Morgan fingerprint density at radius 1 is 1.22 bits per heavy atom. The van der Waals surface area contributed by atoms with Gasteiger partial charge in [-0.1, -0.05) is 55.8 Å². The molecule has 0 saturated heterocycles. The first-order chi connectivity index (χ1) is 12.9. The number of aromatic nitrogens is 1. The number of anilines is 1. The SMILES string of the molecule is CC(CC(C)c1ncc(-c2ccccc2)s1)C(=O)Nc1ccc(F)c(Cl)c1. The van der Waals surface area contributed by atoms with Crippen LogP contribution in [0.2, 0.25) is 5.02 Å². The number of carbonyl (C=O) groups is 1. The van der Waals surface area contributed by atoms with E-state index in [0.29, 0.717) is 12.1 Å². The summed E-state index contributed by atoms with van der Waals surface area (Å²) in [5.74, 6) is -0.684. The van der Waals surface area contributed by atoms with Crippen LogP contribution in [0.3, 0.4) is 0 Å². The molecule has 27 heavy (non-hydrogen) atoms. The van der Waals surface area contributed by atoms with Crippen molar-refractivity contribution in [2.45, 2.75) is 26.2 Å². The second kappa shape index (κ2) is 8.63. The highest BCUT2D eigenvalue weighted by Gasteiger charge is 2.20. The summed E-state index contributed by atoms with van der Waals surface area (Å²) < 4.78 is 13.2. The van der Waals surface area contributed by atoms with E-state index < -0.39 is 5.82 Å². The molecule has 1 heterocycles. The molecule has 0 radical (unpaired) electrons. The molecule has 1 amide bonds. The minimum atomic E-state index is -0.505. The van der Waals surface area contributed by atoms with Crippen molar-refractivity contribution in [1.82, 2.24) is 4.98 Å². The van der Waals surface area contributed by atoms with Crippen molar-refractivity contribution in [1.29, 1.82) is 0 Å². The summed E-state index contributed by atoms with van der Waals surface area (Å²) in [6.45, 7) is 3.95. The van der Waals surface area contributed by atoms with E-state index in [1.807, 2.05) is 31.3 Å². The van der Waals surface area contributed by atoms with Crippen LogP contribution in [-0.2, 0) is 4.79 Å². The van der Waals surface area contributed by atoms with E-state index >= 15 is 0 Å². The van der Waals surface area contributed by atoms with E-state index in [9.17, 15) is 9.18 Å². The molecule has 3 rings (SSSR count). The molecule has 3 aromatic rings. The van der Waals surface area contributed by atoms with Gasteiger partial charge >= 0.3 is 0 Å². The van der Waals surface area contributed by atoms with Gasteiger partial charge in [0.2, 0.25) is 5.91 Å². The highest BCUT2D eigenvalue weighted by Crippen LogP contribution is 2.32. The number of benzene rings is 2. The molecule has 2 atom stereocenters. The molecule has 0 aliphatic rings. The summed E-state index contributed by atoms with van der Waals surface area (Å²) in [6.07, 6.45) is 2.56. The number of amides is 1. The Labute approximate surface area is 167 Å². The molecule has 0 fully saturated rings. The van der Waals surface area contributed by atoms with Crippen LogP contribution in [0.1, 0.15) is 31.2 Å². The molecule has 0 saturated carbocycles. The molecule has 140 valence electrons. The molecule has 3 nitrogen and oxygen atoms in total. The summed E-state index contributed by atoms with van der Waals surface area (Å²) >= 11 is 7.41. The van der Waals surface area contributed by atoms with Gasteiger partial charge in [0.05, 0.1) is 14.9 Å². The standard InChI is InChI=1S/C21H20ClFN2OS/c1-13(20(26)25-16-8-9-18(23)17(22)11-16)10-14(2)21-24-12-19(27-21)15-6-4-3-5-7-15/h3-9,11-14H,10H2,1-2H3,(H,25,26).